The SMILES string of the molecule is O=P([O-])([O-])CCCc1ccccc1.[Co+2]. The van der Waals surface area contributed by atoms with Crippen molar-refractivity contribution in [3.05, 3.63) is 35.9 Å². The summed E-state index contributed by atoms with van der Waals surface area (Å²) in [6.45, 7) is 0. The molecule has 0 N–H and O–H groups in total. The van der Waals surface area contributed by atoms with Crippen molar-refractivity contribution < 1.29 is 31.1 Å². The molecule has 0 atom stereocenters. The topological polar surface area (TPSA) is 63.2 Å². The van der Waals surface area contributed by atoms with Crippen LogP contribution in [0.5, 0.6) is 0 Å². The third kappa shape index (κ3) is 6.35. The average Bonchev–Trinajstić information content (AvgIpc) is 2.04. The molecule has 14 heavy (non-hydrogen) atoms. The van der Waals surface area contributed by atoms with Gasteiger partial charge in [-0.1, -0.05) is 37.9 Å². The van der Waals surface area contributed by atoms with E-state index in [1.807, 2.05) is 30.3 Å². The summed E-state index contributed by atoms with van der Waals surface area (Å²) in [6, 6.07) is 9.52. The van der Waals surface area contributed by atoms with Crippen LogP contribution in [0.3, 0.4) is 0 Å². The first kappa shape index (κ1) is 13.9. The van der Waals surface area contributed by atoms with Gasteiger partial charge >= 0.3 is 16.8 Å². The summed E-state index contributed by atoms with van der Waals surface area (Å²) in [6.07, 6.45) is 0.811. The summed E-state index contributed by atoms with van der Waals surface area (Å²) >= 11 is 0. The fourth-order valence-corrected chi connectivity index (χ4v) is 1.67. The van der Waals surface area contributed by atoms with Crippen LogP contribution in [-0.2, 0) is 27.8 Å². The fourth-order valence-electron chi connectivity index (χ4n) is 1.12. The van der Waals surface area contributed by atoms with Crippen LogP contribution in [0.15, 0.2) is 30.3 Å². The Morgan fingerprint density at radius 1 is 1.14 bits per heavy atom. The summed E-state index contributed by atoms with van der Waals surface area (Å²) in [7, 11) is -4.30. The quantitative estimate of drug-likeness (QED) is 0.739. The third-order valence-electron chi connectivity index (χ3n) is 1.74. The zero-order valence-electron chi connectivity index (χ0n) is 7.51. The van der Waals surface area contributed by atoms with Crippen LogP contribution in [0, 0.1) is 0 Å². The molecule has 0 heterocycles. The van der Waals surface area contributed by atoms with E-state index in [4.69, 9.17) is 0 Å². The molecule has 0 unspecified atom stereocenters. The van der Waals surface area contributed by atoms with Crippen LogP contribution in [0.2, 0.25) is 0 Å². The Morgan fingerprint density at radius 3 is 2.21 bits per heavy atom. The Hall–Kier alpha value is -0.124. The van der Waals surface area contributed by atoms with Crippen LogP contribution in [0.1, 0.15) is 12.0 Å². The minimum atomic E-state index is -4.30. The Bertz CT molecular complexity index is 296. The van der Waals surface area contributed by atoms with E-state index in [1.165, 1.54) is 0 Å². The molecule has 0 aliphatic rings. The molecule has 0 bridgehead atoms. The van der Waals surface area contributed by atoms with Gasteiger partial charge in [0.05, 0.1) is 0 Å². The first-order valence-electron chi connectivity index (χ1n) is 4.13. The summed E-state index contributed by atoms with van der Waals surface area (Å²) in [5.74, 6) is 0. The number of benzene rings is 1. The molecule has 0 saturated carbocycles. The van der Waals surface area contributed by atoms with Gasteiger partial charge in [-0.2, -0.15) is 0 Å². The van der Waals surface area contributed by atoms with Crippen LogP contribution in [0.25, 0.3) is 0 Å². The van der Waals surface area contributed by atoms with E-state index in [1.54, 1.807) is 0 Å². The Labute approximate surface area is 93.9 Å². The van der Waals surface area contributed by atoms with Crippen molar-refractivity contribution >= 4 is 7.60 Å². The van der Waals surface area contributed by atoms with Gasteiger partial charge in [-0.15, -0.1) is 0 Å². The van der Waals surface area contributed by atoms with Gasteiger partial charge in [-0.25, -0.2) is 0 Å². The zero-order chi connectivity index (χ0) is 9.73. The van der Waals surface area contributed by atoms with Gasteiger partial charge in [-0.3, -0.25) is 0 Å². The largest absolute Gasteiger partial charge is 2.00 e. The molecule has 5 heteroatoms. The third-order valence-corrected chi connectivity index (χ3v) is 2.60. The van der Waals surface area contributed by atoms with Gasteiger partial charge in [0, 0.05) is 0 Å². The molecule has 3 nitrogen and oxygen atoms in total. The van der Waals surface area contributed by atoms with Crippen molar-refractivity contribution in [3.8, 4) is 0 Å². The summed E-state index contributed by atoms with van der Waals surface area (Å²) in [4.78, 5) is 20.6. The molecular formula is C9H11CoO3P. The predicted molar refractivity (Wildman–Crippen MR) is 47.2 cm³/mol. The zero-order valence-corrected chi connectivity index (χ0v) is 9.45. The van der Waals surface area contributed by atoms with Crippen LogP contribution < -0.4 is 9.79 Å². The van der Waals surface area contributed by atoms with Crippen molar-refractivity contribution in [1.82, 2.24) is 0 Å². The average molecular weight is 257 g/mol. The second-order valence-electron chi connectivity index (χ2n) is 2.92. The van der Waals surface area contributed by atoms with E-state index >= 15 is 0 Å². The number of hydrogen-bond acceptors (Lipinski definition) is 3. The van der Waals surface area contributed by atoms with Crippen molar-refractivity contribution in [3.63, 3.8) is 0 Å². The molecule has 1 aromatic carbocycles. The van der Waals surface area contributed by atoms with Gasteiger partial charge in [0.25, 0.3) is 0 Å². The smallest absolute Gasteiger partial charge is 0.811 e. The molecule has 79 valence electrons. The Balaban J connectivity index is 0.00000169. The van der Waals surface area contributed by atoms with E-state index in [0.717, 1.165) is 5.56 Å². The van der Waals surface area contributed by atoms with E-state index in [2.05, 4.69) is 0 Å². The first-order valence-corrected chi connectivity index (χ1v) is 5.86. The van der Waals surface area contributed by atoms with Crippen molar-refractivity contribution in [2.24, 2.45) is 0 Å². The maximum Gasteiger partial charge on any atom is 2.00 e. The molecule has 0 saturated heterocycles. The predicted octanol–water partition coefficient (Wildman–Crippen LogP) is 0.530. The van der Waals surface area contributed by atoms with E-state index in [0.29, 0.717) is 12.8 Å². The molecule has 0 aromatic heterocycles. The standard InChI is InChI=1S/C9H13O3P.Co/c10-13(11,12)8-4-7-9-5-2-1-3-6-9;/h1-3,5-6H,4,7-8H2,(H2,10,11,12);/q;+2/p-2. The second kappa shape index (κ2) is 6.38. The molecule has 1 rings (SSSR count). The van der Waals surface area contributed by atoms with Crippen molar-refractivity contribution in [2.45, 2.75) is 12.8 Å². The summed E-state index contributed by atoms with van der Waals surface area (Å²) in [5.41, 5.74) is 1.07. The number of hydrogen-bond donors (Lipinski definition) is 0. The van der Waals surface area contributed by atoms with Crippen LogP contribution >= 0.6 is 7.60 Å². The first-order chi connectivity index (χ1) is 6.08. The van der Waals surface area contributed by atoms with Gasteiger partial charge in [-0.05, 0) is 24.6 Å². The maximum absolute atomic E-state index is 10.3. The second-order valence-corrected chi connectivity index (χ2v) is 4.59. The van der Waals surface area contributed by atoms with E-state index in [-0.39, 0.29) is 22.9 Å². The molecule has 1 radical (unpaired) electrons. The van der Waals surface area contributed by atoms with E-state index in [9.17, 15) is 14.4 Å². The molecular weight excluding hydrogens is 246 g/mol. The molecule has 0 fully saturated rings. The minimum absolute atomic E-state index is 0. The van der Waals surface area contributed by atoms with Crippen molar-refractivity contribution in [2.75, 3.05) is 6.16 Å². The molecule has 0 aliphatic carbocycles. The van der Waals surface area contributed by atoms with Gasteiger partial charge in [0.15, 0.2) is 0 Å². The molecule has 1 aromatic rings. The van der Waals surface area contributed by atoms with Crippen molar-refractivity contribution in [1.29, 1.82) is 0 Å². The van der Waals surface area contributed by atoms with E-state index < -0.39 is 7.60 Å². The number of rotatable bonds is 4. The molecule has 0 amide bonds. The van der Waals surface area contributed by atoms with Gasteiger partial charge in [0.2, 0.25) is 0 Å². The summed E-state index contributed by atoms with van der Waals surface area (Å²) in [5, 5.41) is 0. The minimum Gasteiger partial charge on any atom is -0.811 e. The van der Waals surface area contributed by atoms with Gasteiger partial charge in [0.1, 0.15) is 0 Å². The molecule has 0 spiro atoms. The Morgan fingerprint density at radius 2 is 1.71 bits per heavy atom. The maximum atomic E-state index is 10.3. The Kier molecular flexibility index (Phi) is 6.32. The molecule has 0 aliphatic heterocycles. The monoisotopic (exact) mass is 257 g/mol. The fraction of sp³-hybridized carbons (Fsp3) is 0.333. The summed E-state index contributed by atoms with van der Waals surface area (Å²) < 4.78 is 10.3. The van der Waals surface area contributed by atoms with Crippen LogP contribution in [0.4, 0.5) is 0 Å². The normalized spacial score (nSPS) is 10.7. The van der Waals surface area contributed by atoms with Crippen LogP contribution in [-0.4, -0.2) is 6.16 Å². The van der Waals surface area contributed by atoms with Gasteiger partial charge < -0.3 is 14.4 Å². The number of aryl methyl sites for hydroxylation is 1.